The Morgan fingerprint density at radius 3 is 2.36 bits per heavy atom. The molecule has 0 aliphatic rings. The molecule has 4 nitrogen and oxygen atoms in total. The number of alkyl halides is 3. The van der Waals surface area contributed by atoms with Crippen molar-refractivity contribution >= 4 is 11.6 Å². The van der Waals surface area contributed by atoms with Crippen LogP contribution in [0.2, 0.25) is 0 Å². The number of anilines is 1. The van der Waals surface area contributed by atoms with Crippen molar-refractivity contribution in [3.63, 3.8) is 0 Å². The van der Waals surface area contributed by atoms with E-state index < -0.39 is 17.6 Å². The molecule has 1 aromatic carbocycles. The number of benzene rings is 1. The van der Waals surface area contributed by atoms with Gasteiger partial charge in [-0.25, -0.2) is 0 Å². The lowest BCUT2D eigenvalue weighted by Crippen LogP contribution is -2.26. The molecular formula is C15H13F3N2O2. The van der Waals surface area contributed by atoms with E-state index in [9.17, 15) is 22.8 Å². The summed E-state index contributed by atoms with van der Waals surface area (Å²) in [6.45, 7) is 1.55. The number of aryl methyl sites for hydroxylation is 1. The molecule has 2 rings (SSSR count). The first-order chi connectivity index (χ1) is 10.3. The maximum atomic E-state index is 12.4. The molecule has 0 spiro atoms. The van der Waals surface area contributed by atoms with Gasteiger partial charge in [0.2, 0.25) is 5.91 Å². The summed E-state index contributed by atoms with van der Waals surface area (Å²) in [5, 5.41) is 2.44. The van der Waals surface area contributed by atoms with Crippen molar-refractivity contribution in [2.45, 2.75) is 19.6 Å². The Bertz CT molecular complexity index is 734. The van der Waals surface area contributed by atoms with E-state index in [0.717, 1.165) is 17.7 Å². The van der Waals surface area contributed by atoms with Crippen LogP contribution < -0.4 is 10.9 Å². The molecule has 1 N–H and O–H groups in total. The molecule has 0 fully saturated rings. The first-order valence-corrected chi connectivity index (χ1v) is 6.40. The monoisotopic (exact) mass is 310 g/mol. The number of nitrogens with zero attached hydrogens (tertiary/aromatic N) is 1. The molecule has 7 heteroatoms. The third-order valence-electron chi connectivity index (χ3n) is 2.96. The van der Waals surface area contributed by atoms with Gasteiger partial charge in [-0.1, -0.05) is 0 Å². The summed E-state index contributed by atoms with van der Waals surface area (Å²) in [6.07, 6.45) is -2.93. The van der Waals surface area contributed by atoms with Gasteiger partial charge in [-0.3, -0.25) is 9.59 Å². The molecule has 1 amide bonds. The number of pyridine rings is 1. The Morgan fingerprint density at radius 2 is 1.82 bits per heavy atom. The zero-order valence-corrected chi connectivity index (χ0v) is 11.6. The number of hydrogen-bond donors (Lipinski definition) is 1. The van der Waals surface area contributed by atoms with E-state index in [0.29, 0.717) is 0 Å². The average Bonchev–Trinajstić information content (AvgIpc) is 2.41. The average molecular weight is 310 g/mol. The van der Waals surface area contributed by atoms with E-state index in [1.54, 1.807) is 13.0 Å². The van der Waals surface area contributed by atoms with Gasteiger partial charge in [-0.15, -0.1) is 0 Å². The predicted octanol–water partition coefficient (Wildman–Crippen LogP) is 2.81. The van der Waals surface area contributed by atoms with Gasteiger partial charge in [0.25, 0.3) is 5.56 Å². The molecule has 0 atom stereocenters. The highest BCUT2D eigenvalue weighted by atomic mass is 19.4. The minimum Gasteiger partial charge on any atom is -0.325 e. The first-order valence-electron chi connectivity index (χ1n) is 6.40. The predicted molar refractivity (Wildman–Crippen MR) is 75.5 cm³/mol. The Hall–Kier alpha value is -2.57. The van der Waals surface area contributed by atoms with Crippen LogP contribution in [0.4, 0.5) is 18.9 Å². The highest BCUT2D eigenvalue weighted by molar-refractivity contribution is 5.90. The molecule has 0 unspecified atom stereocenters. The lowest BCUT2D eigenvalue weighted by atomic mass is 10.2. The lowest BCUT2D eigenvalue weighted by Gasteiger charge is -2.09. The number of rotatable bonds is 3. The Kier molecular flexibility index (Phi) is 4.35. The second-order valence-corrected chi connectivity index (χ2v) is 4.79. The number of amides is 1. The summed E-state index contributed by atoms with van der Waals surface area (Å²) in [5.74, 6) is -0.495. The van der Waals surface area contributed by atoms with Gasteiger partial charge >= 0.3 is 6.18 Å². The van der Waals surface area contributed by atoms with Crippen LogP contribution in [-0.4, -0.2) is 10.5 Å². The number of hydrogen-bond acceptors (Lipinski definition) is 2. The summed E-state index contributed by atoms with van der Waals surface area (Å²) in [5.41, 5.74) is -0.0922. The van der Waals surface area contributed by atoms with Crippen LogP contribution in [0.25, 0.3) is 0 Å². The number of aromatic nitrogens is 1. The molecule has 22 heavy (non-hydrogen) atoms. The second-order valence-electron chi connectivity index (χ2n) is 4.79. The Morgan fingerprint density at radius 1 is 1.18 bits per heavy atom. The Balaban J connectivity index is 2.04. The number of carbonyl (C=O) groups is 1. The van der Waals surface area contributed by atoms with E-state index in [2.05, 4.69) is 5.32 Å². The van der Waals surface area contributed by atoms with Crippen molar-refractivity contribution < 1.29 is 18.0 Å². The summed E-state index contributed by atoms with van der Waals surface area (Å²) < 4.78 is 38.5. The highest BCUT2D eigenvalue weighted by Gasteiger charge is 2.29. The van der Waals surface area contributed by atoms with Gasteiger partial charge in [0, 0.05) is 18.0 Å². The quantitative estimate of drug-likeness (QED) is 0.948. The fourth-order valence-electron chi connectivity index (χ4n) is 1.84. The molecule has 0 aliphatic carbocycles. The Labute approximate surface area is 124 Å². The van der Waals surface area contributed by atoms with Gasteiger partial charge in [-0.2, -0.15) is 13.2 Å². The third kappa shape index (κ3) is 3.97. The summed E-state index contributed by atoms with van der Waals surface area (Å²) in [6, 6.07) is 7.18. The van der Waals surface area contributed by atoms with Gasteiger partial charge in [0.1, 0.15) is 6.54 Å². The summed E-state index contributed by atoms with van der Waals surface area (Å²) in [4.78, 5) is 23.4. The molecule has 116 valence electrons. The molecule has 0 radical (unpaired) electrons. The molecule has 0 bridgehead atoms. The highest BCUT2D eigenvalue weighted by Crippen LogP contribution is 2.29. The van der Waals surface area contributed by atoms with Crippen LogP contribution in [0, 0.1) is 6.92 Å². The SMILES string of the molecule is Cc1ccn(CC(=O)Nc2ccc(C(F)(F)F)cc2)c(=O)c1. The van der Waals surface area contributed by atoms with Crippen LogP contribution >= 0.6 is 0 Å². The number of halogens is 3. The number of nitrogens with one attached hydrogen (secondary N) is 1. The van der Waals surface area contributed by atoms with Crippen molar-refractivity contribution in [3.8, 4) is 0 Å². The standard InChI is InChI=1S/C15H13F3N2O2/c1-10-6-7-20(14(22)8-10)9-13(21)19-12-4-2-11(3-5-12)15(16,17)18/h2-8H,9H2,1H3,(H,19,21). The van der Waals surface area contributed by atoms with Gasteiger partial charge in [-0.05, 0) is 42.8 Å². The van der Waals surface area contributed by atoms with E-state index in [4.69, 9.17) is 0 Å². The zero-order chi connectivity index (χ0) is 16.3. The van der Waals surface area contributed by atoms with Crippen LogP contribution in [0.5, 0.6) is 0 Å². The molecule has 0 aliphatic heterocycles. The van der Waals surface area contributed by atoms with Crippen LogP contribution in [0.3, 0.4) is 0 Å². The van der Waals surface area contributed by atoms with E-state index in [1.807, 2.05) is 0 Å². The first kappa shape index (κ1) is 15.8. The normalized spacial score (nSPS) is 11.3. The topological polar surface area (TPSA) is 51.1 Å². The number of carbonyl (C=O) groups excluding carboxylic acids is 1. The molecule has 2 aromatic rings. The van der Waals surface area contributed by atoms with Crippen LogP contribution in [0.15, 0.2) is 47.4 Å². The summed E-state index contributed by atoms with van der Waals surface area (Å²) >= 11 is 0. The molecular weight excluding hydrogens is 297 g/mol. The molecule has 0 saturated heterocycles. The van der Waals surface area contributed by atoms with Gasteiger partial charge in [0.15, 0.2) is 0 Å². The fourth-order valence-corrected chi connectivity index (χ4v) is 1.84. The van der Waals surface area contributed by atoms with E-state index in [-0.39, 0.29) is 17.8 Å². The molecule has 0 saturated carbocycles. The zero-order valence-electron chi connectivity index (χ0n) is 11.6. The van der Waals surface area contributed by atoms with Crippen LogP contribution in [0.1, 0.15) is 11.1 Å². The van der Waals surface area contributed by atoms with Crippen molar-refractivity contribution in [1.82, 2.24) is 4.57 Å². The van der Waals surface area contributed by atoms with Crippen LogP contribution in [-0.2, 0) is 17.5 Å². The van der Waals surface area contributed by atoms with Crippen molar-refractivity contribution in [3.05, 3.63) is 64.1 Å². The van der Waals surface area contributed by atoms with Crippen molar-refractivity contribution in [2.75, 3.05) is 5.32 Å². The minimum atomic E-state index is -4.42. The smallest absolute Gasteiger partial charge is 0.325 e. The van der Waals surface area contributed by atoms with Gasteiger partial charge in [0.05, 0.1) is 5.56 Å². The lowest BCUT2D eigenvalue weighted by molar-refractivity contribution is -0.137. The third-order valence-corrected chi connectivity index (χ3v) is 2.96. The second kappa shape index (κ2) is 6.05. The summed E-state index contributed by atoms with van der Waals surface area (Å²) in [7, 11) is 0. The largest absolute Gasteiger partial charge is 0.416 e. The van der Waals surface area contributed by atoms with Crippen molar-refractivity contribution in [1.29, 1.82) is 0 Å². The minimum absolute atomic E-state index is 0.208. The van der Waals surface area contributed by atoms with E-state index in [1.165, 1.54) is 29.0 Å². The molecule has 1 aromatic heterocycles. The van der Waals surface area contributed by atoms with E-state index >= 15 is 0 Å². The molecule has 1 heterocycles. The van der Waals surface area contributed by atoms with Crippen molar-refractivity contribution in [2.24, 2.45) is 0 Å². The maximum Gasteiger partial charge on any atom is 0.416 e. The fraction of sp³-hybridized carbons (Fsp3) is 0.200. The maximum absolute atomic E-state index is 12.4. The van der Waals surface area contributed by atoms with Gasteiger partial charge < -0.3 is 9.88 Å².